The van der Waals surface area contributed by atoms with E-state index in [0.29, 0.717) is 22.5 Å². The number of aromatic amines is 1. The summed E-state index contributed by atoms with van der Waals surface area (Å²) in [5.74, 6) is -0.240. The minimum Gasteiger partial charge on any atom is -0.295 e. The smallest absolute Gasteiger partial charge is 0.276 e. The van der Waals surface area contributed by atoms with E-state index in [1.54, 1.807) is 20.2 Å². The van der Waals surface area contributed by atoms with Crippen LogP contribution in [0.2, 0.25) is 0 Å². The van der Waals surface area contributed by atoms with Gasteiger partial charge in [-0.1, -0.05) is 60.7 Å². The van der Waals surface area contributed by atoms with Crippen LogP contribution in [0.3, 0.4) is 0 Å². The van der Waals surface area contributed by atoms with Crippen molar-refractivity contribution >= 4 is 17.7 Å². The molecule has 1 aliphatic heterocycles. The van der Waals surface area contributed by atoms with Crippen LogP contribution in [0.4, 0.5) is 0 Å². The molecule has 134 valence electrons. The average molecular weight is 358 g/mol. The van der Waals surface area contributed by atoms with Crippen LogP contribution in [0.15, 0.2) is 76.1 Å². The molecule has 3 aromatic rings. The first-order chi connectivity index (χ1) is 13.1. The van der Waals surface area contributed by atoms with Crippen LogP contribution in [-0.4, -0.2) is 33.5 Å². The highest BCUT2D eigenvalue weighted by Gasteiger charge is 2.29. The van der Waals surface area contributed by atoms with Gasteiger partial charge in [0.2, 0.25) is 0 Å². The summed E-state index contributed by atoms with van der Waals surface area (Å²) in [7, 11) is 3.27. The van der Waals surface area contributed by atoms with E-state index in [4.69, 9.17) is 0 Å². The highest BCUT2D eigenvalue weighted by molar-refractivity contribution is 6.33. The third-order valence-corrected chi connectivity index (χ3v) is 4.51. The number of aromatic nitrogens is 2. The standard InChI is InChI=1S/C21H18N4O2/c1-24-20(26)16(18(22-24)14-9-5-3-6-10-14)13-17-19(23-25(2)21(17)27)15-11-7-4-8-12-15/h3-13,22H,1-2H3/b17-13-. The van der Waals surface area contributed by atoms with Crippen molar-refractivity contribution in [2.24, 2.45) is 12.1 Å². The van der Waals surface area contributed by atoms with E-state index in [1.807, 2.05) is 60.7 Å². The molecule has 0 spiro atoms. The third kappa shape index (κ3) is 2.91. The Labute approximate surface area is 156 Å². The summed E-state index contributed by atoms with van der Waals surface area (Å²) in [5.41, 5.74) is 3.57. The molecule has 0 saturated heterocycles. The Morgan fingerprint density at radius 2 is 1.48 bits per heavy atom. The summed E-state index contributed by atoms with van der Waals surface area (Å²) in [6, 6.07) is 19.0. The molecule has 1 amide bonds. The zero-order valence-corrected chi connectivity index (χ0v) is 15.0. The van der Waals surface area contributed by atoms with Crippen LogP contribution in [0.25, 0.3) is 17.3 Å². The van der Waals surface area contributed by atoms with E-state index >= 15 is 0 Å². The van der Waals surface area contributed by atoms with Gasteiger partial charge in [-0.05, 0) is 6.08 Å². The normalized spacial score (nSPS) is 15.5. The molecule has 2 heterocycles. The van der Waals surface area contributed by atoms with E-state index < -0.39 is 0 Å². The van der Waals surface area contributed by atoms with Gasteiger partial charge in [-0.3, -0.25) is 19.4 Å². The Balaban J connectivity index is 1.90. The van der Waals surface area contributed by atoms with Crippen molar-refractivity contribution in [1.82, 2.24) is 14.8 Å². The molecule has 6 heteroatoms. The highest BCUT2D eigenvalue weighted by atomic mass is 16.2. The number of carbonyl (C=O) groups excluding carboxylic acids is 1. The number of benzene rings is 2. The van der Waals surface area contributed by atoms with Gasteiger partial charge in [0.15, 0.2) is 0 Å². The number of amides is 1. The number of nitrogens with one attached hydrogen (secondary N) is 1. The fraction of sp³-hybridized carbons (Fsp3) is 0.0952. The first-order valence-electron chi connectivity index (χ1n) is 8.55. The summed E-state index contributed by atoms with van der Waals surface area (Å²) < 4.78 is 1.41. The number of likely N-dealkylation sites (N-methyl/N-ethyl adjacent to an activating group) is 1. The number of nitrogens with zero attached hydrogens (tertiary/aromatic N) is 3. The van der Waals surface area contributed by atoms with Gasteiger partial charge in [0.25, 0.3) is 11.5 Å². The Morgan fingerprint density at radius 1 is 0.889 bits per heavy atom. The number of rotatable bonds is 3. The van der Waals surface area contributed by atoms with E-state index in [2.05, 4.69) is 10.2 Å². The van der Waals surface area contributed by atoms with Crippen molar-refractivity contribution in [1.29, 1.82) is 0 Å². The van der Waals surface area contributed by atoms with Crippen molar-refractivity contribution in [3.63, 3.8) is 0 Å². The Hall–Kier alpha value is -3.67. The number of hydrazone groups is 1. The molecule has 1 aromatic heterocycles. The largest absolute Gasteiger partial charge is 0.295 e. The Morgan fingerprint density at radius 3 is 2.11 bits per heavy atom. The molecule has 4 rings (SSSR count). The maximum Gasteiger partial charge on any atom is 0.276 e. The summed E-state index contributed by atoms with van der Waals surface area (Å²) in [5, 5.41) is 8.75. The molecule has 0 atom stereocenters. The number of carbonyl (C=O) groups is 1. The van der Waals surface area contributed by atoms with Gasteiger partial charge in [-0.25, -0.2) is 5.01 Å². The summed E-state index contributed by atoms with van der Waals surface area (Å²) in [6.45, 7) is 0. The molecule has 0 saturated carbocycles. The van der Waals surface area contributed by atoms with Crippen LogP contribution in [-0.2, 0) is 11.8 Å². The molecular formula is C21H18N4O2. The maximum absolute atomic E-state index is 12.7. The Kier molecular flexibility index (Phi) is 4.08. The summed E-state index contributed by atoms with van der Waals surface area (Å²) >= 11 is 0. The zero-order valence-electron chi connectivity index (χ0n) is 15.0. The molecule has 0 unspecified atom stereocenters. The lowest BCUT2D eigenvalue weighted by Gasteiger charge is -2.03. The fourth-order valence-electron chi connectivity index (χ4n) is 3.13. The molecule has 0 aliphatic carbocycles. The van der Waals surface area contributed by atoms with Crippen molar-refractivity contribution in [2.75, 3.05) is 7.05 Å². The molecular weight excluding hydrogens is 340 g/mol. The second-order valence-electron chi connectivity index (χ2n) is 6.33. The summed E-state index contributed by atoms with van der Waals surface area (Å²) in [6.07, 6.45) is 1.64. The minimum atomic E-state index is -0.240. The van der Waals surface area contributed by atoms with Crippen molar-refractivity contribution in [2.45, 2.75) is 0 Å². The number of hydrogen-bond donors (Lipinski definition) is 1. The SMILES string of the molecule is CN1N=C(c2ccccc2)/C(=C/c2c(-c3ccccc3)[nH]n(C)c2=O)C1=O. The molecule has 6 nitrogen and oxygen atoms in total. The molecule has 27 heavy (non-hydrogen) atoms. The van der Waals surface area contributed by atoms with E-state index in [-0.39, 0.29) is 11.5 Å². The fourth-order valence-corrected chi connectivity index (χ4v) is 3.13. The lowest BCUT2D eigenvalue weighted by atomic mass is 9.99. The van der Waals surface area contributed by atoms with E-state index in [0.717, 1.165) is 11.1 Å². The number of aryl methyl sites for hydroxylation is 1. The van der Waals surface area contributed by atoms with Gasteiger partial charge in [0, 0.05) is 25.2 Å². The van der Waals surface area contributed by atoms with Crippen LogP contribution in [0.5, 0.6) is 0 Å². The predicted molar refractivity (Wildman–Crippen MR) is 105 cm³/mol. The van der Waals surface area contributed by atoms with Crippen molar-refractivity contribution in [3.8, 4) is 11.3 Å². The molecule has 0 fully saturated rings. The van der Waals surface area contributed by atoms with Crippen LogP contribution < -0.4 is 5.56 Å². The first kappa shape index (κ1) is 16.8. The van der Waals surface area contributed by atoms with Crippen LogP contribution >= 0.6 is 0 Å². The molecule has 2 aromatic carbocycles. The van der Waals surface area contributed by atoms with Gasteiger partial charge in [0.05, 0.1) is 16.8 Å². The minimum absolute atomic E-state index is 0.198. The van der Waals surface area contributed by atoms with Gasteiger partial charge in [-0.2, -0.15) is 5.10 Å². The predicted octanol–water partition coefficient (Wildman–Crippen LogP) is 2.64. The van der Waals surface area contributed by atoms with Gasteiger partial charge < -0.3 is 0 Å². The first-order valence-corrected chi connectivity index (χ1v) is 8.55. The monoisotopic (exact) mass is 358 g/mol. The number of hydrogen-bond acceptors (Lipinski definition) is 3. The van der Waals surface area contributed by atoms with Crippen molar-refractivity contribution < 1.29 is 4.79 Å². The molecule has 1 aliphatic rings. The maximum atomic E-state index is 12.7. The van der Waals surface area contributed by atoms with E-state index in [1.165, 1.54) is 9.69 Å². The van der Waals surface area contributed by atoms with Gasteiger partial charge in [0.1, 0.15) is 5.71 Å². The summed E-state index contributed by atoms with van der Waals surface area (Å²) in [4.78, 5) is 25.4. The molecule has 1 N–H and O–H groups in total. The van der Waals surface area contributed by atoms with Crippen LogP contribution in [0, 0.1) is 0 Å². The van der Waals surface area contributed by atoms with Gasteiger partial charge >= 0.3 is 0 Å². The van der Waals surface area contributed by atoms with Crippen molar-refractivity contribution in [3.05, 3.63) is 87.7 Å². The second-order valence-corrected chi connectivity index (χ2v) is 6.33. The molecule has 0 bridgehead atoms. The van der Waals surface area contributed by atoms with Crippen LogP contribution in [0.1, 0.15) is 11.1 Å². The third-order valence-electron chi connectivity index (χ3n) is 4.51. The average Bonchev–Trinajstić information content (AvgIpc) is 3.15. The quantitative estimate of drug-likeness (QED) is 0.731. The van der Waals surface area contributed by atoms with Gasteiger partial charge in [-0.15, -0.1) is 0 Å². The molecule has 0 radical (unpaired) electrons. The zero-order chi connectivity index (χ0) is 19.0. The highest BCUT2D eigenvalue weighted by Crippen LogP contribution is 2.25. The Bertz CT molecular complexity index is 1120. The number of H-pyrrole nitrogens is 1. The van der Waals surface area contributed by atoms with E-state index in [9.17, 15) is 9.59 Å². The lowest BCUT2D eigenvalue weighted by molar-refractivity contribution is -0.124. The topological polar surface area (TPSA) is 70.5 Å². The second kappa shape index (κ2) is 6.57. The lowest BCUT2D eigenvalue weighted by Crippen LogP contribution is -2.18.